The Morgan fingerprint density at radius 2 is 1.75 bits per heavy atom. The van der Waals surface area contributed by atoms with Crippen molar-refractivity contribution in [1.29, 1.82) is 0 Å². The zero-order chi connectivity index (χ0) is 20.3. The summed E-state index contributed by atoms with van der Waals surface area (Å²) in [5.74, 6) is 1.15. The summed E-state index contributed by atoms with van der Waals surface area (Å²) in [4.78, 5) is 13.1. The van der Waals surface area contributed by atoms with Crippen molar-refractivity contribution in [3.63, 3.8) is 0 Å². The molecule has 0 aliphatic heterocycles. The van der Waals surface area contributed by atoms with Crippen LogP contribution in [0.2, 0.25) is 0 Å². The third-order valence-corrected chi connectivity index (χ3v) is 4.85. The predicted molar refractivity (Wildman–Crippen MR) is 111 cm³/mol. The first-order valence-corrected chi connectivity index (χ1v) is 9.17. The molecule has 1 amide bonds. The Morgan fingerprint density at radius 1 is 1.04 bits per heavy atom. The molecular weight excluding hydrogens is 352 g/mol. The number of benzene rings is 2. The molecule has 1 N–H and O–H groups in total. The first-order valence-electron chi connectivity index (χ1n) is 9.17. The maximum absolute atomic E-state index is 13.1. The van der Waals surface area contributed by atoms with Gasteiger partial charge >= 0.3 is 0 Å². The number of nitrogens with one attached hydrogen (secondary N) is 1. The van der Waals surface area contributed by atoms with Gasteiger partial charge in [0, 0.05) is 30.9 Å². The smallest absolute Gasteiger partial charge is 0.268 e. The largest absolute Gasteiger partial charge is 0.493 e. The van der Waals surface area contributed by atoms with Crippen molar-refractivity contribution in [2.24, 2.45) is 7.05 Å². The van der Waals surface area contributed by atoms with E-state index in [1.807, 2.05) is 42.9 Å². The molecule has 0 radical (unpaired) electrons. The first kappa shape index (κ1) is 19.5. The molecule has 0 saturated heterocycles. The molecular formula is C23H26N2O3. The van der Waals surface area contributed by atoms with Gasteiger partial charge in [-0.2, -0.15) is 0 Å². The fraction of sp³-hybridized carbons (Fsp3) is 0.261. The van der Waals surface area contributed by atoms with Crippen molar-refractivity contribution in [2.75, 3.05) is 14.2 Å². The van der Waals surface area contributed by atoms with Crippen LogP contribution in [0.15, 0.2) is 48.7 Å². The molecule has 28 heavy (non-hydrogen) atoms. The van der Waals surface area contributed by atoms with Crippen molar-refractivity contribution >= 4 is 5.91 Å². The first-order chi connectivity index (χ1) is 13.5. The fourth-order valence-corrected chi connectivity index (χ4v) is 3.49. The van der Waals surface area contributed by atoms with Crippen LogP contribution in [0.5, 0.6) is 11.5 Å². The number of aromatic nitrogens is 1. The molecule has 146 valence electrons. The van der Waals surface area contributed by atoms with Gasteiger partial charge in [0.25, 0.3) is 5.91 Å². The van der Waals surface area contributed by atoms with Crippen LogP contribution >= 0.6 is 0 Å². The number of hydrogen-bond acceptors (Lipinski definition) is 3. The van der Waals surface area contributed by atoms with Crippen molar-refractivity contribution in [1.82, 2.24) is 9.88 Å². The number of carbonyl (C=O) groups is 1. The van der Waals surface area contributed by atoms with E-state index in [0.29, 0.717) is 23.7 Å². The molecule has 5 nitrogen and oxygen atoms in total. The maximum atomic E-state index is 13.1. The zero-order valence-corrected chi connectivity index (χ0v) is 17.0. The van der Waals surface area contributed by atoms with Crippen molar-refractivity contribution < 1.29 is 14.3 Å². The van der Waals surface area contributed by atoms with Crippen LogP contribution in [-0.2, 0) is 13.6 Å². The van der Waals surface area contributed by atoms with E-state index >= 15 is 0 Å². The fourth-order valence-electron chi connectivity index (χ4n) is 3.49. The molecule has 0 saturated carbocycles. The maximum Gasteiger partial charge on any atom is 0.268 e. The third-order valence-electron chi connectivity index (χ3n) is 4.85. The normalized spacial score (nSPS) is 10.6. The van der Waals surface area contributed by atoms with Crippen LogP contribution in [0, 0.1) is 13.8 Å². The van der Waals surface area contributed by atoms with E-state index in [0.717, 1.165) is 22.3 Å². The average Bonchev–Trinajstić information content (AvgIpc) is 3.00. The number of rotatable bonds is 6. The minimum atomic E-state index is -0.129. The highest BCUT2D eigenvalue weighted by Crippen LogP contribution is 2.31. The van der Waals surface area contributed by atoms with Crippen molar-refractivity contribution in [3.05, 3.63) is 71.0 Å². The van der Waals surface area contributed by atoms with E-state index in [9.17, 15) is 4.79 Å². The van der Waals surface area contributed by atoms with Gasteiger partial charge < -0.3 is 19.4 Å². The number of para-hydroxylation sites is 1. The molecule has 0 atom stereocenters. The Hall–Kier alpha value is -3.21. The highest BCUT2D eigenvalue weighted by Gasteiger charge is 2.20. The SMILES string of the molecule is COc1cccc(CNC(=O)c2c(-c3ccc(C)cc3)c(C)cn2C)c1OC. The Balaban J connectivity index is 1.89. The lowest BCUT2D eigenvalue weighted by Gasteiger charge is -2.14. The standard InChI is InChI=1S/C23H26N2O3/c1-15-9-11-17(12-10-15)20-16(2)14-25(3)21(20)23(26)24-13-18-7-6-8-19(27-4)22(18)28-5/h6-12,14H,13H2,1-5H3,(H,24,26). The lowest BCUT2D eigenvalue weighted by molar-refractivity contribution is 0.0943. The molecule has 0 fully saturated rings. The number of nitrogens with zero attached hydrogens (tertiary/aromatic N) is 1. The third kappa shape index (κ3) is 3.74. The quantitative estimate of drug-likeness (QED) is 0.697. The van der Waals surface area contributed by atoms with Gasteiger partial charge in [-0.05, 0) is 31.0 Å². The summed E-state index contributed by atoms with van der Waals surface area (Å²) in [6.07, 6.45) is 1.98. The average molecular weight is 378 g/mol. The van der Waals surface area contributed by atoms with Crippen LogP contribution in [0.4, 0.5) is 0 Å². The van der Waals surface area contributed by atoms with Crippen LogP contribution in [0.3, 0.4) is 0 Å². The number of aryl methyl sites for hydroxylation is 3. The van der Waals surface area contributed by atoms with Gasteiger partial charge in [-0.15, -0.1) is 0 Å². The summed E-state index contributed by atoms with van der Waals surface area (Å²) in [5.41, 5.74) is 5.75. The van der Waals surface area contributed by atoms with Gasteiger partial charge in [0.1, 0.15) is 5.69 Å². The second kappa shape index (κ2) is 8.21. The monoisotopic (exact) mass is 378 g/mol. The number of hydrogen-bond donors (Lipinski definition) is 1. The molecule has 0 spiro atoms. The van der Waals surface area contributed by atoms with Gasteiger partial charge in [-0.25, -0.2) is 0 Å². The Morgan fingerprint density at radius 3 is 2.39 bits per heavy atom. The minimum absolute atomic E-state index is 0.129. The van der Waals surface area contributed by atoms with Crippen LogP contribution < -0.4 is 14.8 Å². The van der Waals surface area contributed by atoms with Gasteiger partial charge in [0.15, 0.2) is 11.5 Å². The summed E-state index contributed by atoms with van der Waals surface area (Å²) in [6.45, 7) is 4.42. The summed E-state index contributed by atoms with van der Waals surface area (Å²) in [7, 11) is 5.09. The molecule has 5 heteroatoms. The predicted octanol–water partition coefficient (Wildman–Crippen LogP) is 4.26. The van der Waals surface area contributed by atoms with E-state index in [4.69, 9.17) is 9.47 Å². The van der Waals surface area contributed by atoms with E-state index in [1.54, 1.807) is 14.2 Å². The molecule has 3 rings (SSSR count). The van der Waals surface area contributed by atoms with Crippen LogP contribution in [0.25, 0.3) is 11.1 Å². The highest BCUT2D eigenvalue weighted by molar-refractivity contribution is 6.00. The molecule has 0 aliphatic rings. The number of ether oxygens (including phenoxy) is 2. The molecule has 2 aromatic carbocycles. The molecule has 3 aromatic rings. The molecule has 1 aromatic heterocycles. The Labute approximate surface area is 165 Å². The summed E-state index contributed by atoms with van der Waals surface area (Å²) < 4.78 is 12.7. The van der Waals surface area contributed by atoms with E-state index in [2.05, 4.69) is 36.5 Å². The number of amides is 1. The Kier molecular flexibility index (Phi) is 5.73. The molecule has 0 bridgehead atoms. The molecule has 0 aliphatic carbocycles. The number of methoxy groups -OCH3 is 2. The number of carbonyl (C=O) groups excluding carboxylic acids is 1. The minimum Gasteiger partial charge on any atom is -0.493 e. The van der Waals surface area contributed by atoms with E-state index < -0.39 is 0 Å². The lowest BCUT2D eigenvalue weighted by Crippen LogP contribution is -2.25. The van der Waals surface area contributed by atoms with Gasteiger partial charge in [0.2, 0.25) is 0 Å². The Bertz CT molecular complexity index is 988. The summed E-state index contributed by atoms with van der Waals surface area (Å²) >= 11 is 0. The van der Waals surface area contributed by atoms with Gasteiger partial charge in [-0.1, -0.05) is 42.0 Å². The zero-order valence-electron chi connectivity index (χ0n) is 17.0. The van der Waals surface area contributed by atoms with Crippen LogP contribution in [-0.4, -0.2) is 24.7 Å². The summed E-state index contributed by atoms with van der Waals surface area (Å²) in [5, 5.41) is 3.02. The molecule has 1 heterocycles. The highest BCUT2D eigenvalue weighted by atomic mass is 16.5. The summed E-state index contributed by atoms with van der Waals surface area (Å²) in [6, 6.07) is 13.9. The topological polar surface area (TPSA) is 52.5 Å². The van der Waals surface area contributed by atoms with E-state index in [1.165, 1.54) is 5.56 Å². The lowest BCUT2D eigenvalue weighted by atomic mass is 10.0. The second-order valence-electron chi connectivity index (χ2n) is 6.85. The second-order valence-corrected chi connectivity index (χ2v) is 6.85. The van der Waals surface area contributed by atoms with E-state index in [-0.39, 0.29) is 5.91 Å². The van der Waals surface area contributed by atoms with Crippen molar-refractivity contribution in [3.8, 4) is 22.6 Å². The molecule has 0 unspecified atom stereocenters. The van der Waals surface area contributed by atoms with Gasteiger partial charge in [-0.3, -0.25) is 4.79 Å². The van der Waals surface area contributed by atoms with Crippen molar-refractivity contribution in [2.45, 2.75) is 20.4 Å². The van der Waals surface area contributed by atoms with Crippen LogP contribution in [0.1, 0.15) is 27.2 Å². The van der Waals surface area contributed by atoms with Gasteiger partial charge in [0.05, 0.1) is 14.2 Å².